The largest absolute Gasteiger partial charge is 0.469 e. The number of carbonyl (C=O) groups excluding carboxylic acids is 2. The molecule has 3 heteroatoms. The van der Waals surface area contributed by atoms with Crippen LogP contribution in [0.4, 0.5) is 0 Å². The molecule has 0 aliphatic heterocycles. The number of esters is 1. The van der Waals surface area contributed by atoms with Crippen LogP contribution >= 0.6 is 0 Å². The van der Waals surface area contributed by atoms with Crippen molar-refractivity contribution in [2.45, 2.75) is 45.4 Å². The Morgan fingerprint density at radius 3 is 2.94 bits per heavy atom. The monoisotopic (exact) mass is 224 g/mol. The fourth-order valence-corrected chi connectivity index (χ4v) is 2.07. The number of ketones is 1. The van der Waals surface area contributed by atoms with Gasteiger partial charge in [-0.25, -0.2) is 0 Å². The minimum absolute atomic E-state index is 0.0943. The van der Waals surface area contributed by atoms with E-state index in [0.29, 0.717) is 12.8 Å². The van der Waals surface area contributed by atoms with Crippen molar-refractivity contribution in [3.05, 3.63) is 11.6 Å². The molecule has 0 amide bonds. The lowest BCUT2D eigenvalue weighted by Crippen LogP contribution is -2.10. The van der Waals surface area contributed by atoms with Crippen LogP contribution in [-0.2, 0) is 14.3 Å². The highest BCUT2D eigenvalue weighted by Gasteiger charge is 2.29. The third kappa shape index (κ3) is 3.47. The van der Waals surface area contributed by atoms with E-state index >= 15 is 0 Å². The second-order valence-electron chi connectivity index (χ2n) is 4.24. The van der Waals surface area contributed by atoms with Gasteiger partial charge >= 0.3 is 5.97 Å². The van der Waals surface area contributed by atoms with E-state index in [0.717, 1.165) is 31.3 Å². The first-order valence-corrected chi connectivity index (χ1v) is 5.99. The fourth-order valence-electron chi connectivity index (χ4n) is 2.07. The predicted molar refractivity (Wildman–Crippen MR) is 62.0 cm³/mol. The Morgan fingerprint density at radius 2 is 2.31 bits per heavy atom. The van der Waals surface area contributed by atoms with Crippen LogP contribution in [0.2, 0.25) is 0 Å². The lowest BCUT2D eigenvalue weighted by Gasteiger charge is -2.09. The number of ether oxygens (including phenoxy) is 1. The molecule has 0 aromatic carbocycles. The molecule has 0 N–H and O–H groups in total. The van der Waals surface area contributed by atoms with E-state index in [9.17, 15) is 9.59 Å². The molecule has 3 nitrogen and oxygen atoms in total. The minimum atomic E-state index is -0.221. The number of methoxy groups -OCH3 is 1. The maximum absolute atomic E-state index is 11.6. The van der Waals surface area contributed by atoms with E-state index in [1.54, 1.807) is 0 Å². The molecule has 1 rings (SSSR count). The number of carbonyl (C=O) groups is 2. The van der Waals surface area contributed by atoms with Gasteiger partial charge in [-0.2, -0.15) is 0 Å². The molecule has 1 aliphatic carbocycles. The highest BCUT2D eigenvalue weighted by Crippen LogP contribution is 2.31. The number of unbranched alkanes of at least 4 members (excludes halogenated alkanes) is 2. The van der Waals surface area contributed by atoms with Crippen LogP contribution in [0.25, 0.3) is 0 Å². The van der Waals surface area contributed by atoms with Crippen molar-refractivity contribution in [2.75, 3.05) is 7.11 Å². The van der Waals surface area contributed by atoms with Crippen LogP contribution < -0.4 is 0 Å². The molecule has 0 saturated heterocycles. The van der Waals surface area contributed by atoms with Crippen LogP contribution in [0.5, 0.6) is 0 Å². The fraction of sp³-hybridized carbons (Fsp3) is 0.692. The summed E-state index contributed by atoms with van der Waals surface area (Å²) in [7, 11) is 1.39. The molecule has 1 aliphatic rings. The van der Waals surface area contributed by atoms with Crippen molar-refractivity contribution < 1.29 is 14.3 Å². The van der Waals surface area contributed by atoms with Crippen molar-refractivity contribution in [1.29, 1.82) is 0 Å². The van der Waals surface area contributed by atoms with Gasteiger partial charge in [0, 0.05) is 6.42 Å². The van der Waals surface area contributed by atoms with E-state index in [4.69, 9.17) is 0 Å². The van der Waals surface area contributed by atoms with Gasteiger partial charge in [-0.1, -0.05) is 25.8 Å². The number of allylic oxidation sites excluding steroid dienone is 2. The smallest absolute Gasteiger partial charge is 0.306 e. The number of Topliss-reactive ketones (excluding diaryl/α,β-unsaturated/α-hetero) is 1. The lowest BCUT2D eigenvalue weighted by molar-refractivity contribution is -0.141. The Kier molecular flexibility index (Phi) is 5.23. The molecule has 1 fully saturated rings. The summed E-state index contributed by atoms with van der Waals surface area (Å²) in [5.41, 5.74) is 0.860. The van der Waals surface area contributed by atoms with Crippen molar-refractivity contribution in [1.82, 2.24) is 0 Å². The SMILES string of the molecule is CCCC/C=C1/C(=O)CCC1CC(=O)OC. The molecule has 1 saturated carbocycles. The molecule has 0 radical (unpaired) electrons. The Hall–Kier alpha value is -1.12. The topological polar surface area (TPSA) is 43.4 Å². The molecule has 0 heterocycles. The summed E-state index contributed by atoms with van der Waals surface area (Å²) < 4.78 is 4.64. The van der Waals surface area contributed by atoms with Gasteiger partial charge in [0.25, 0.3) is 0 Å². The molecule has 90 valence electrons. The van der Waals surface area contributed by atoms with Gasteiger partial charge < -0.3 is 4.74 Å². The second-order valence-corrected chi connectivity index (χ2v) is 4.24. The van der Waals surface area contributed by atoms with Crippen molar-refractivity contribution >= 4 is 11.8 Å². The molecular weight excluding hydrogens is 204 g/mol. The molecule has 1 unspecified atom stereocenters. The normalized spacial score (nSPS) is 22.8. The summed E-state index contributed by atoms with van der Waals surface area (Å²) in [6.45, 7) is 2.13. The highest BCUT2D eigenvalue weighted by molar-refractivity contribution is 5.98. The average molecular weight is 224 g/mol. The van der Waals surface area contributed by atoms with E-state index in [1.807, 2.05) is 6.08 Å². The molecule has 0 aromatic heterocycles. The van der Waals surface area contributed by atoms with E-state index in [-0.39, 0.29) is 17.7 Å². The summed E-state index contributed by atoms with van der Waals surface area (Å²) >= 11 is 0. The standard InChI is InChI=1S/C13H20O3/c1-3-4-5-6-11-10(7-8-12(11)14)9-13(15)16-2/h6,10H,3-5,7-9H2,1-2H3/b11-6+. The van der Waals surface area contributed by atoms with Crippen molar-refractivity contribution in [3.63, 3.8) is 0 Å². The summed E-state index contributed by atoms with van der Waals surface area (Å²) in [5, 5.41) is 0. The molecule has 1 atom stereocenters. The Bertz CT molecular complexity index is 292. The van der Waals surface area contributed by atoms with Gasteiger partial charge in [-0.15, -0.1) is 0 Å². The van der Waals surface area contributed by atoms with E-state index in [1.165, 1.54) is 7.11 Å². The summed E-state index contributed by atoms with van der Waals surface area (Å²) in [4.78, 5) is 22.8. The summed E-state index contributed by atoms with van der Waals surface area (Å²) in [6.07, 6.45) is 6.91. The van der Waals surface area contributed by atoms with Gasteiger partial charge in [0.1, 0.15) is 0 Å². The van der Waals surface area contributed by atoms with Gasteiger partial charge in [-0.05, 0) is 24.3 Å². The maximum Gasteiger partial charge on any atom is 0.306 e. The lowest BCUT2D eigenvalue weighted by atomic mass is 9.97. The van der Waals surface area contributed by atoms with E-state index in [2.05, 4.69) is 11.7 Å². The maximum atomic E-state index is 11.6. The zero-order valence-corrected chi connectivity index (χ0v) is 10.1. The first-order valence-electron chi connectivity index (χ1n) is 5.99. The van der Waals surface area contributed by atoms with Gasteiger partial charge in [0.05, 0.1) is 13.5 Å². The van der Waals surface area contributed by atoms with Gasteiger partial charge in [-0.3, -0.25) is 9.59 Å². The average Bonchev–Trinajstić information content (AvgIpc) is 2.61. The van der Waals surface area contributed by atoms with Crippen LogP contribution in [0.15, 0.2) is 11.6 Å². The summed E-state index contributed by atoms with van der Waals surface area (Å²) in [6, 6.07) is 0. The van der Waals surface area contributed by atoms with Gasteiger partial charge in [0.15, 0.2) is 5.78 Å². The Morgan fingerprint density at radius 1 is 1.56 bits per heavy atom. The third-order valence-corrected chi connectivity index (χ3v) is 3.04. The zero-order valence-electron chi connectivity index (χ0n) is 10.1. The molecular formula is C13H20O3. The quantitative estimate of drug-likeness (QED) is 0.409. The van der Waals surface area contributed by atoms with E-state index < -0.39 is 0 Å². The minimum Gasteiger partial charge on any atom is -0.469 e. The van der Waals surface area contributed by atoms with Crippen LogP contribution in [0.3, 0.4) is 0 Å². The second kappa shape index (κ2) is 6.46. The number of rotatable bonds is 5. The molecule has 0 aromatic rings. The highest BCUT2D eigenvalue weighted by atomic mass is 16.5. The van der Waals surface area contributed by atoms with Crippen molar-refractivity contribution in [3.8, 4) is 0 Å². The van der Waals surface area contributed by atoms with Crippen molar-refractivity contribution in [2.24, 2.45) is 5.92 Å². The Balaban J connectivity index is 2.58. The third-order valence-electron chi connectivity index (χ3n) is 3.04. The van der Waals surface area contributed by atoms with Crippen LogP contribution in [-0.4, -0.2) is 18.9 Å². The first-order chi connectivity index (χ1) is 7.69. The number of hydrogen-bond acceptors (Lipinski definition) is 3. The Labute approximate surface area is 96.9 Å². The van der Waals surface area contributed by atoms with Crippen LogP contribution in [0.1, 0.15) is 45.4 Å². The zero-order chi connectivity index (χ0) is 12.0. The summed E-state index contributed by atoms with van der Waals surface area (Å²) in [5.74, 6) is 0.0860. The molecule has 0 spiro atoms. The molecule has 0 bridgehead atoms. The predicted octanol–water partition coefficient (Wildman–Crippen LogP) is 2.65. The van der Waals surface area contributed by atoms with Gasteiger partial charge in [0.2, 0.25) is 0 Å². The molecule has 16 heavy (non-hydrogen) atoms. The van der Waals surface area contributed by atoms with Crippen LogP contribution in [0, 0.1) is 5.92 Å². The first kappa shape index (κ1) is 12.9. The number of hydrogen-bond donors (Lipinski definition) is 0.